The minimum absolute atomic E-state index is 0.116. The number of carbonyl (C=O) groups is 1. The predicted molar refractivity (Wildman–Crippen MR) is 86.4 cm³/mol. The third kappa shape index (κ3) is 3.61. The average molecular weight is 349 g/mol. The number of H-pyrrole nitrogens is 1. The molecule has 0 atom stereocenters. The fraction of sp³-hybridized carbons (Fsp3) is 0.250. The van der Waals surface area contributed by atoms with Crippen LogP contribution in [0.5, 0.6) is 0 Å². The summed E-state index contributed by atoms with van der Waals surface area (Å²) in [4.78, 5) is 27.0. The molecule has 2 rings (SSSR count). The fourth-order valence-electron chi connectivity index (χ4n) is 2.04. The van der Waals surface area contributed by atoms with Crippen LogP contribution in [0, 0.1) is 6.92 Å². The van der Waals surface area contributed by atoms with Gasteiger partial charge in [0.15, 0.2) is 5.43 Å². The van der Waals surface area contributed by atoms with Gasteiger partial charge in [-0.1, -0.05) is 28.1 Å². The molecule has 0 saturated heterocycles. The SMILES string of the molecule is Cc1cc(=O)c(C(=O)NC(C)(C)c2ccc(Br)cc2)c[nH]1. The number of aryl methyl sites for hydroxylation is 1. The number of pyridine rings is 1. The minimum Gasteiger partial charge on any atom is -0.364 e. The van der Waals surface area contributed by atoms with E-state index >= 15 is 0 Å². The number of aromatic nitrogens is 1. The van der Waals surface area contributed by atoms with Crippen molar-refractivity contribution < 1.29 is 4.79 Å². The van der Waals surface area contributed by atoms with Crippen LogP contribution in [0.2, 0.25) is 0 Å². The van der Waals surface area contributed by atoms with E-state index in [1.807, 2.05) is 38.1 Å². The summed E-state index contributed by atoms with van der Waals surface area (Å²) in [6, 6.07) is 9.12. The van der Waals surface area contributed by atoms with Crippen molar-refractivity contribution in [1.82, 2.24) is 10.3 Å². The molecule has 4 nitrogen and oxygen atoms in total. The number of amides is 1. The number of carbonyl (C=O) groups excluding carboxylic acids is 1. The Morgan fingerprint density at radius 2 is 1.86 bits per heavy atom. The maximum absolute atomic E-state index is 12.3. The highest BCUT2D eigenvalue weighted by Gasteiger charge is 2.24. The number of aromatic amines is 1. The molecule has 0 aliphatic rings. The quantitative estimate of drug-likeness (QED) is 0.895. The molecular formula is C16H17BrN2O2. The number of hydrogen-bond donors (Lipinski definition) is 2. The van der Waals surface area contributed by atoms with Gasteiger partial charge in [0, 0.05) is 22.4 Å². The number of rotatable bonds is 3. The molecule has 1 amide bonds. The Morgan fingerprint density at radius 3 is 2.43 bits per heavy atom. The lowest BCUT2D eigenvalue weighted by molar-refractivity contribution is 0.0910. The van der Waals surface area contributed by atoms with Crippen molar-refractivity contribution in [3.05, 3.63) is 68.0 Å². The molecular weight excluding hydrogens is 332 g/mol. The summed E-state index contributed by atoms with van der Waals surface area (Å²) < 4.78 is 0.975. The smallest absolute Gasteiger partial charge is 0.257 e. The van der Waals surface area contributed by atoms with Crippen LogP contribution in [-0.4, -0.2) is 10.9 Å². The van der Waals surface area contributed by atoms with Gasteiger partial charge < -0.3 is 10.3 Å². The number of hydrogen-bond acceptors (Lipinski definition) is 2. The monoisotopic (exact) mass is 348 g/mol. The molecule has 5 heteroatoms. The summed E-state index contributed by atoms with van der Waals surface area (Å²) in [5, 5.41) is 2.89. The van der Waals surface area contributed by atoms with Crippen LogP contribution in [0.15, 0.2) is 45.8 Å². The third-order valence-electron chi connectivity index (χ3n) is 3.29. The number of halogens is 1. The Morgan fingerprint density at radius 1 is 1.24 bits per heavy atom. The van der Waals surface area contributed by atoms with Gasteiger partial charge in [-0.2, -0.15) is 0 Å². The summed E-state index contributed by atoms with van der Waals surface area (Å²) in [5.74, 6) is -0.385. The van der Waals surface area contributed by atoms with E-state index in [2.05, 4.69) is 26.2 Å². The maximum Gasteiger partial charge on any atom is 0.257 e. The average Bonchev–Trinajstić information content (AvgIpc) is 2.38. The highest BCUT2D eigenvalue weighted by Crippen LogP contribution is 2.22. The van der Waals surface area contributed by atoms with Crippen LogP contribution >= 0.6 is 15.9 Å². The molecule has 1 aromatic heterocycles. The molecule has 0 radical (unpaired) electrons. The lowest BCUT2D eigenvalue weighted by Crippen LogP contribution is -2.42. The zero-order valence-electron chi connectivity index (χ0n) is 12.2. The van der Waals surface area contributed by atoms with Gasteiger partial charge in [0.25, 0.3) is 5.91 Å². The van der Waals surface area contributed by atoms with Gasteiger partial charge in [-0.05, 0) is 38.5 Å². The van der Waals surface area contributed by atoms with Gasteiger partial charge in [0.1, 0.15) is 5.56 Å². The summed E-state index contributed by atoms with van der Waals surface area (Å²) in [7, 11) is 0. The molecule has 0 aliphatic heterocycles. The van der Waals surface area contributed by atoms with Crippen LogP contribution in [0.1, 0.15) is 35.5 Å². The molecule has 2 aromatic rings. The van der Waals surface area contributed by atoms with E-state index in [9.17, 15) is 9.59 Å². The Hall–Kier alpha value is -1.88. The first-order chi connectivity index (χ1) is 9.79. The normalized spacial score (nSPS) is 11.2. The summed E-state index contributed by atoms with van der Waals surface area (Å²) >= 11 is 3.38. The number of benzene rings is 1. The van der Waals surface area contributed by atoms with Crippen molar-refractivity contribution in [2.45, 2.75) is 26.3 Å². The molecule has 0 fully saturated rings. The Kier molecular flexibility index (Phi) is 4.32. The van der Waals surface area contributed by atoms with Gasteiger partial charge in [-0.3, -0.25) is 9.59 Å². The van der Waals surface area contributed by atoms with E-state index in [0.717, 1.165) is 15.7 Å². The molecule has 0 spiro atoms. The first-order valence-electron chi connectivity index (χ1n) is 6.57. The van der Waals surface area contributed by atoms with Gasteiger partial charge in [-0.15, -0.1) is 0 Å². The molecule has 0 aliphatic carbocycles. The molecule has 2 N–H and O–H groups in total. The second kappa shape index (κ2) is 5.85. The van der Waals surface area contributed by atoms with Crippen LogP contribution in [-0.2, 0) is 5.54 Å². The van der Waals surface area contributed by atoms with Crippen molar-refractivity contribution in [3.8, 4) is 0 Å². The number of nitrogens with one attached hydrogen (secondary N) is 2. The predicted octanol–water partition coefficient (Wildman–Crippen LogP) is 3.11. The minimum atomic E-state index is -0.574. The summed E-state index contributed by atoms with van der Waals surface area (Å²) in [5.41, 5.74) is 0.946. The largest absolute Gasteiger partial charge is 0.364 e. The second-order valence-corrected chi connectivity index (χ2v) is 6.40. The van der Waals surface area contributed by atoms with Crippen molar-refractivity contribution in [2.24, 2.45) is 0 Å². The maximum atomic E-state index is 12.3. The lowest BCUT2D eigenvalue weighted by Gasteiger charge is -2.27. The first kappa shape index (κ1) is 15.5. The van der Waals surface area contributed by atoms with E-state index in [4.69, 9.17) is 0 Å². The van der Waals surface area contributed by atoms with Crippen molar-refractivity contribution in [3.63, 3.8) is 0 Å². The topological polar surface area (TPSA) is 62.0 Å². The third-order valence-corrected chi connectivity index (χ3v) is 3.82. The van der Waals surface area contributed by atoms with Crippen molar-refractivity contribution in [2.75, 3.05) is 0 Å². The van der Waals surface area contributed by atoms with Crippen LogP contribution in [0.25, 0.3) is 0 Å². The Bertz CT molecular complexity index is 718. The van der Waals surface area contributed by atoms with Crippen molar-refractivity contribution in [1.29, 1.82) is 0 Å². The second-order valence-electron chi connectivity index (χ2n) is 5.48. The zero-order chi connectivity index (χ0) is 15.6. The van der Waals surface area contributed by atoms with Crippen molar-refractivity contribution >= 4 is 21.8 Å². The summed E-state index contributed by atoms with van der Waals surface area (Å²) in [6.45, 7) is 5.57. The molecule has 1 aromatic carbocycles. The molecule has 0 unspecified atom stereocenters. The molecule has 0 saturated carbocycles. The first-order valence-corrected chi connectivity index (χ1v) is 7.37. The molecule has 21 heavy (non-hydrogen) atoms. The van der Waals surface area contributed by atoms with Gasteiger partial charge in [-0.25, -0.2) is 0 Å². The highest BCUT2D eigenvalue weighted by atomic mass is 79.9. The van der Waals surface area contributed by atoms with E-state index in [-0.39, 0.29) is 16.9 Å². The lowest BCUT2D eigenvalue weighted by atomic mass is 9.94. The molecule has 0 bridgehead atoms. The van der Waals surface area contributed by atoms with E-state index in [1.54, 1.807) is 6.92 Å². The summed E-state index contributed by atoms with van der Waals surface area (Å²) in [6.07, 6.45) is 1.45. The van der Waals surface area contributed by atoms with E-state index < -0.39 is 5.54 Å². The Labute approximate surface area is 131 Å². The fourth-order valence-corrected chi connectivity index (χ4v) is 2.30. The molecule has 110 valence electrons. The van der Waals surface area contributed by atoms with E-state index in [0.29, 0.717) is 0 Å². The van der Waals surface area contributed by atoms with Gasteiger partial charge >= 0.3 is 0 Å². The highest BCUT2D eigenvalue weighted by molar-refractivity contribution is 9.10. The van der Waals surface area contributed by atoms with Crippen LogP contribution in [0.3, 0.4) is 0 Å². The Balaban J connectivity index is 2.25. The van der Waals surface area contributed by atoms with Gasteiger partial charge in [0.2, 0.25) is 0 Å². The standard InChI is InChI=1S/C16H17BrN2O2/c1-10-8-14(20)13(9-18-10)15(21)19-16(2,3)11-4-6-12(17)7-5-11/h4-9H,1-3H3,(H,18,20)(H,19,21). The van der Waals surface area contributed by atoms with E-state index in [1.165, 1.54) is 12.3 Å². The van der Waals surface area contributed by atoms with Crippen LogP contribution < -0.4 is 10.7 Å². The zero-order valence-corrected chi connectivity index (χ0v) is 13.7. The molecule has 1 heterocycles. The van der Waals surface area contributed by atoms with Crippen LogP contribution in [0.4, 0.5) is 0 Å². The van der Waals surface area contributed by atoms with Gasteiger partial charge in [0.05, 0.1) is 5.54 Å².